The van der Waals surface area contributed by atoms with Crippen molar-refractivity contribution in [3.05, 3.63) is 11.4 Å². The normalized spacial score (nSPS) is 8.00. The minimum atomic E-state index is -1.83. The summed E-state index contributed by atoms with van der Waals surface area (Å²) in [6, 6.07) is 0. The van der Waals surface area contributed by atoms with Crippen LogP contribution >= 0.6 is 0 Å². The van der Waals surface area contributed by atoms with E-state index in [2.05, 4.69) is 0 Å². The second-order valence-electron chi connectivity index (χ2n) is 1.69. The van der Waals surface area contributed by atoms with Gasteiger partial charge in [-0.25, -0.2) is 18.0 Å². The summed E-state index contributed by atoms with van der Waals surface area (Å²) in [7, 11) is 0. The molecule has 0 rings (SSSR count). The molecule has 0 saturated carbocycles. The van der Waals surface area contributed by atoms with Gasteiger partial charge < -0.3 is 10.2 Å². The van der Waals surface area contributed by atoms with E-state index in [1.807, 2.05) is 0 Å². The van der Waals surface area contributed by atoms with Crippen molar-refractivity contribution < 1.29 is 28.2 Å². The molecular formula is C6H9F3O3. The monoisotopic (exact) mass is 186 g/mol. The summed E-state index contributed by atoms with van der Waals surface area (Å²) in [5.41, 5.74) is -0.398. The van der Waals surface area contributed by atoms with Gasteiger partial charge in [0.25, 0.3) is 0 Å². The van der Waals surface area contributed by atoms with Crippen LogP contribution in [0.2, 0.25) is 0 Å². The van der Waals surface area contributed by atoms with Crippen LogP contribution in [0.3, 0.4) is 0 Å². The van der Waals surface area contributed by atoms with Crippen molar-refractivity contribution in [2.24, 2.45) is 0 Å². The predicted octanol–water partition coefficient (Wildman–Crippen LogP) is 2.39. The molecule has 0 spiro atoms. The largest absolute Gasteiger partial charge is 0.503 e. The topological polar surface area (TPSA) is 57.5 Å². The van der Waals surface area contributed by atoms with Crippen molar-refractivity contribution >= 4 is 6.16 Å². The quantitative estimate of drug-likeness (QED) is 0.696. The second kappa shape index (κ2) is 7.90. The first-order valence-corrected chi connectivity index (χ1v) is 2.83. The van der Waals surface area contributed by atoms with E-state index in [1.165, 1.54) is 0 Å². The summed E-state index contributed by atoms with van der Waals surface area (Å²) in [4.78, 5) is 8.56. The van der Waals surface area contributed by atoms with Crippen molar-refractivity contribution in [1.29, 1.82) is 0 Å². The Morgan fingerprint density at radius 1 is 1.25 bits per heavy atom. The molecule has 0 unspecified atom stereocenters. The third kappa shape index (κ3) is 11.6. The Bertz CT molecular complexity index is 153. The lowest BCUT2D eigenvalue weighted by molar-refractivity contribution is 0.137. The van der Waals surface area contributed by atoms with E-state index >= 15 is 0 Å². The molecule has 0 amide bonds. The van der Waals surface area contributed by atoms with E-state index in [9.17, 15) is 13.2 Å². The fourth-order valence-corrected chi connectivity index (χ4v) is 0.220. The molecule has 0 atom stereocenters. The first-order chi connectivity index (χ1) is 5.45. The Labute approximate surface area is 67.1 Å². The minimum absolute atomic E-state index is 0.398. The minimum Gasteiger partial charge on any atom is -0.450 e. The van der Waals surface area contributed by atoms with Crippen molar-refractivity contribution in [2.45, 2.75) is 6.92 Å². The highest BCUT2D eigenvalue weighted by molar-refractivity contribution is 5.53. The van der Waals surface area contributed by atoms with Gasteiger partial charge in [-0.05, 0) is 6.92 Å². The molecule has 0 saturated heterocycles. The van der Waals surface area contributed by atoms with Crippen LogP contribution in [0.5, 0.6) is 0 Å². The maximum atomic E-state index is 11.8. The number of carbonyl (C=O) groups is 1. The predicted molar refractivity (Wildman–Crippen MR) is 36.4 cm³/mol. The van der Waals surface area contributed by atoms with E-state index in [1.54, 1.807) is 0 Å². The Hall–Kier alpha value is -1.20. The number of hydrogen-bond donors (Lipinski definition) is 2. The number of halogens is 3. The zero-order valence-electron chi connectivity index (χ0n) is 6.35. The van der Waals surface area contributed by atoms with Crippen LogP contribution in [0.4, 0.5) is 18.0 Å². The number of rotatable bonds is 2. The number of alkyl halides is 2. The van der Waals surface area contributed by atoms with Crippen LogP contribution in [-0.4, -0.2) is 29.7 Å². The molecule has 0 aliphatic rings. The lowest BCUT2D eigenvalue weighted by Gasteiger charge is -1.92. The van der Waals surface area contributed by atoms with E-state index in [0.717, 1.165) is 6.92 Å². The van der Waals surface area contributed by atoms with E-state index in [-0.39, 0.29) is 0 Å². The second-order valence-corrected chi connectivity index (χ2v) is 1.69. The highest BCUT2D eigenvalue weighted by Crippen LogP contribution is 2.05. The van der Waals surface area contributed by atoms with Crippen molar-refractivity contribution in [3.63, 3.8) is 0 Å². The van der Waals surface area contributed by atoms with Crippen LogP contribution in [0.15, 0.2) is 11.4 Å². The van der Waals surface area contributed by atoms with Crippen LogP contribution in [0, 0.1) is 0 Å². The molecule has 0 aromatic carbocycles. The summed E-state index contributed by atoms with van der Waals surface area (Å²) < 4.78 is 34.5. The van der Waals surface area contributed by atoms with Gasteiger partial charge in [0, 0.05) is 5.57 Å². The average Bonchev–Trinajstić information content (AvgIpc) is 1.87. The Morgan fingerprint density at radius 2 is 1.50 bits per heavy atom. The lowest BCUT2D eigenvalue weighted by atomic mass is 10.3. The maximum Gasteiger partial charge on any atom is 0.503 e. The first-order valence-electron chi connectivity index (χ1n) is 2.83. The summed E-state index contributed by atoms with van der Waals surface area (Å²) in [5.74, 6) is -0.755. The SMILES string of the molecule is CC(F)=C(CF)CF.O=C(O)O. The molecule has 12 heavy (non-hydrogen) atoms. The first kappa shape index (κ1) is 13.4. The lowest BCUT2D eigenvalue weighted by Crippen LogP contribution is -1.89. The van der Waals surface area contributed by atoms with Gasteiger partial charge >= 0.3 is 6.16 Å². The number of hydrogen-bond acceptors (Lipinski definition) is 1. The highest BCUT2D eigenvalue weighted by atomic mass is 19.1. The molecule has 0 bridgehead atoms. The van der Waals surface area contributed by atoms with Crippen LogP contribution in [-0.2, 0) is 0 Å². The van der Waals surface area contributed by atoms with E-state index in [0.29, 0.717) is 0 Å². The van der Waals surface area contributed by atoms with Gasteiger partial charge in [-0.1, -0.05) is 0 Å². The Kier molecular flexibility index (Phi) is 8.82. The summed E-state index contributed by atoms with van der Waals surface area (Å²) in [6.45, 7) is -1.02. The maximum absolute atomic E-state index is 11.8. The zero-order chi connectivity index (χ0) is 10.1. The number of carboxylic acid groups (broad SMARTS) is 2. The van der Waals surface area contributed by atoms with Gasteiger partial charge in [0.05, 0.1) is 0 Å². The Morgan fingerprint density at radius 3 is 1.50 bits per heavy atom. The molecule has 6 heteroatoms. The molecule has 0 radical (unpaired) electrons. The van der Waals surface area contributed by atoms with Gasteiger partial charge in [0.15, 0.2) is 0 Å². The van der Waals surface area contributed by atoms with Crippen molar-refractivity contribution in [2.75, 3.05) is 13.3 Å². The van der Waals surface area contributed by atoms with E-state index in [4.69, 9.17) is 15.0 Å². The zero-order valence-corrected chi connectivity index (χ0v) is 6.35. The third-order valence-electron chi connectivity index (χ3n) is 0.810. The summed E-state index contributed by atoms with van der Waals surface area (Å²) in [5, 5.41) is 13.9. The van der Waals surface area contributed by atoms with Crippen molar-refractivity contribution in [3.8, 4) is 0 Å². The molecule has 0 heterocycles. The fourth-order valence-electron chi connectivity index (χ4n) is 0.220. The molecule has 0 aromatic rings. The molecule has 0 fully saturated rings. The van der Waals surface area contributed by atoms with Crippen LogP contribution in [0.25, 0.3) is 0 Å². The molecular weight excluding hydrogens is 177 g/mol. The highest BCUT2D eigenvalue weighted by Gasteiger charge is 1.98. The van der Waals surface area contributed by atoms with Gasteiger partial charge in [0.2, 0.25) is 0 Å². The molecule has 0 aromatic heterocycles. The van der Waals surface area contributed by atoms with Crippen molar-refractivity contribution in [1.82, 2.24) is 0 Å². The van der Waals surface area contributed by atoms with E-state index < -0.39 is 30.9 Å². The molecule has 3 nitrogen and oxygen atoms in total. The molecule has 0 aliphatic carbocycles. The summed E-state index contributed by atoms with van der Waals surface area (Å²) in [6.07, 6.45) is -1.83. The Balaban J connectivity index is 0. The van der Waals surface area contributed by atoms with Crippen LogP contribution < -0.4 is 0 Å². The standard InChI is InChI=1S/C5H7F3.CH2O3/c1-4(8)5(2-6)3-7;2-1(3)4/h2-3H2,1H3;(H2,2,3,4). The summed E-state index contributed by atoms with van der Waals surface area (Å²) >= 11 is 0. The molecule has 2 N–H and O–H groups in total. The van der Waals surface area contributed by atoms with Crippen LogP contribution in [0.1, 0.15) is 6.92 Å². The van der Waals surface area contributed by atoms with Gasteiger partial charge in [-0.2, -0.15) is 0 Å². The van der Waals surface area contributed by atoms with Gasteiger partial charge in [-0.15, -0.1) is 0 Å². The molecule has 0 aliphatic heterocycles. The number of allylic oxidation sites excluding steroid dienone is 2. The average molecular weight is 186 g/mol. The third-order valence-corrected chi connectivity index (χ3v) is 0.810. The molecule has 72 valence electrons. The fraction of sp³-hybridized carbons (Fsp3) is 0.500. The van der Waals surface area contributed by atoms with Gasteiger partial charge in [-0.3, -0.25) is 0 Å². The van der Waals surface area contributed by atoms with Gasteiger partial charge in [0.1, 0.15) is 19.2 Å². The smallest absolute Gasteiger partial charge is 0.450 e.